The molecule has 1 N–H and O–H groups in total. The van der Waals surface area contributed by atoms with Crippen molar-refractivity contribution < 1.29 is 8.42 Å². The van der Waals surface area contributed by atoms with E-state index in [4.69, 9.17) is 0 Å². The Morgan fingerprint density at radius 3 is 2.60 bits per heavy atom. The number of anilines is 1. The summed E-state index contributed by atoms with van der Waals surface area (Å²) in [6, 6.07) is 0.178. The Morgan fingerprint density at radius 2 is 1.90 bits per heavy atom. The molecule has 0 spiro atoms. The average molecular weight is 296 g/mol. The highest BCUT2D eigenvalue weighted by atomic mass is 32.2. The van der Waals surface area contributed by atoms with Crippen LogP contribution in [0.1, 0.15) is 32.1 Å². The molecule has 0 amide bonds. The van der Waals surface area contributed by atoms with Gasteiger partial charge in [0.2, 0.25) is 16.0 Å². The van der Waals surface area contributed by atoms with Gasteiger partial charge in [0.15, 0.2) is 0 Å². The van der Waals surface area contributed by atoms with E-state index >= 15 is 0 Å². The molecule has 2 aliphatic rings. The number of aromatic nitrogens is 2. The Labute approximate surface area is 119 Å². The minimum Gasteiger partial charge on any atom is -0.357 e. The van der Waals surface area contributed by atoms with Gasteiger partial charge >= 0.3 is 0 Å². The molecular formula is C13H20N4O2S. The Hall–Kier alpha value is -1.21. The van der Waals surface area contributed by atoms with Gasteiger partial charge in [0, 0.05) is 19.6 Å². The molecule has 20 heavy (non-hydrogen) atoms. The van der Waals surface area contributed by atoms with Crippen LogP contribution in [-0.4, -0.2) is 42.3 Å². The van der Waals surface area contributed by atoms with Gasteiger partial charge in [-0.1, -0.05) is 12.8 Å². The molecule has 2 heterocycles. The van der Waals surface area contributed by atoms with Gasteiger partial charge in [-0.2, -0.15) is 4.31 Å². The smallest absolute Gasteiger partial charge is 0.246 e. The summed E-state index contributed by atoms with van der Waals surface area (Å²) in [6.45, 7) is 0.630. The van der Waals surface area contributed by atoms with Crippen LogP contribution in [0.3, 0.4) is 0 Å². The minimum absolute atomic E-state index is 0.178. The van der Waals surface area contributed by atoms with Crippen LogP contribution in [0.5, 0.6) is 0 Å². The quantitative estimate of drug-likeness (QED) is 0.914. The Balaban J connectivity index is 1.87. The Kier molecular flexibility index (Phi) is 3.64. The lowest BCUT2D eigenvalue weighted by atomic mass is 9.86. The number of hydrogen-bond donors (Lipinski definition) is 1. The first-order valence-electron chi connectivity index (χ1n) is 7.14. The molecule has 7 heteroatoms. The molecule has 1 aliphatic heterocycles. The van der Waals surface area contributed by atoms with E-state index in [0.29, 0.717) is 18.4 Å². The van der Waals surface area contributed by atoms with Crippen molar-refractivity contribution in [1.82, 2.24) is 14.3 Å². The van der Waals surface area contributed by atoms with Crippen LogP contribution < -0.4 is 5.32 Å². The van der Waals surface area contributed by atoms with Crippen molar-refractivity contribution in [3.05, 3.63) is 12.4 Å². The SMILES string of the molecule is CNc1ncc(S(=O)(=O)N2CCC3CCCCC32)cn1. The average Bonchev–Trinajstić information content (AvgIpc) is 2.92. The van der Waals surface area contributed by atoms with Crippen molar-refractivity contribution in [1.29, 1.82) is 0 Å². The van der Waals surface area contributed by atoms with Gasteiger partial charge in [-0.15, -0.1) is 0 Å². The summed E-state index contributed by atoms with van der Waals surface area (Å²) >= 11 is 0. The van der Waals surface area contributed by atoms with Gasteiger partial charge in [-0.3, -0.25) is 0 Å². The van der Waals surface area contributed by atoms with E-state index in [1.807, 2.05) is 0 Å². The van der Waals surface area contributed by atoms with Crippen molar-refractivity contribution >= 4 is 16.0 Å². The van der Waals surface area contributed by atoms with E-state index < -0.39 is 10.0 Å². The summed E-state index contributed by atoms with van der Waals surface area (Å²) in [7, 11) is -1.75. The number of nitrogens with zero attached hydrogens (tertiary/aromatic N) is 3. The molecule has 2 fully saturated rings. The highest BCUT2D eigenvalue weighted by Crippen LogP contribution is 2.38. The molecule has 2 atom stereocenters. The summed E-state index contributed by atoms with van der Waals surface area (Å²) in [4.78, 5) is 8.22. The van der Waals surface area contributed by atoms with Crippen LogP contribution in [0.4, 0.5) is 5.95 Å². The highest BCUT2D eigenvalue weighted by molar-refractivity contribution is 7.89. The van der Waals surface area contributed by atoms with E-state index in [9.17, 15) is 8.42 Å². The predicted molar refractivity (Wildman–Crippen MR) is 75.8 cm³/mol. The van der Waals surface area contributed by atoms with Crippen molar-refractivity contribution in [3.63, 3.8) is 0 Å². The molecular weight excluding hydrogens is 276 g/mol. The predicted octanol–water partition coefficient (Wildman–Crippen LogP) is 1.47. The van der Waals surface area contributed by atoms with Gasteiger partial charge in [-0.25, -0.2) is 18.4 Å². The zero-order chi connectivity index (χ0) is 14.2. The summed E-state index contributed by atoms with van der Waals surface area (Å²) in [5.41, 5.74) is 0. The lowest BCUT2D eigenvalue weighted by molar-refractivity contribution is 0.260. The van der Waals surface area contributed by atoms with Gasteiger partial charge in [-0.05, 0) is 25.2 Å². The van der Waals surface area contributed by atoms with Crippen molar-refractivity contribution in [2.75, 3.05) is 18.9 Å². The van der Waals surface area contributed by atoms with Crippen LogP contribution in [0.25, 0.3) is 0 Å². The van der Waals surface area contributed by atoms with E-state index in [2.05, 4.69) is 15.3 Å². The van der Waals surface area contributed by atoms with Gasteiger partial charge in [0.25, 0.3) is 0 Å². The standard InChI is InChI=1S/C13H20N4O2S/c1-14-13-15-8-11(9-16-13)20(18,19)17-7-6-10-4-2-3-5-12(10)17/h8-10,12H,2-7H2,1H3,(H,14,15,16). The number of hydrogen-bond acceptors (Lipinski definition) is 5. The summed E-state index contributed by atoms with van der Waals surface area (Å²) in [6.07, 6.45) is 8.27. The lowest BCUT2D eigenvalue weighted by Gasteiger charge is -2.30. The fourth-order valence-electron chi connectivity index (χ4n) is 3.38. The van der Waals surface area contributed by atoms with Gasteiger partial charge < -0.3 is 5.32 Å². The summed E-state index contributed by atoms with van der Waals surface area (Å²) in [5, 5.41) is 2.79. The minimum atomic E-state index is -3.45. The molecule has 1 aliphatic carbocycles. The first kappa shape index (κ1) is 13.8. The monoisotopic (exact) mass is 296 g/mol. The van der Waals surface area contributed by atoms with E-state index in [1.165, 1.54) is 18.8 Å². The second-order valence-corrected chi connectivity index (χ2v) is 7.40. The number of fused-ring (bicyclic) bond motifs is 1. The second kappa shape index (κ2) is 5.29. The van der Waals surface area contributed by atoms with Crippen LogP contribution >= 0.6 is 0 Å². The third-order valence-electron chi connectivity index (χ3n) is 4.42. The Morgan fingerprint density at radius 1 is 1.20 bits per heavy atom. The Bertz CT molecular complexity index is 573. The first-order chi connectivity index (χ1) is 9.63. The molecule has 1 saturated heterocycles. The molecule has 110 valence electrons. The molecule has 0 aromatic carbocycles. The van der Waals surface area contributed by atoms with E-state index in [0.717, 1.165) is 25.7 Å². The third-order valence-corrected chi connectivity index (χ3v) is 6.29. The fraction of sp³-hybridized carbons (Fsp3) is 0.692. The molecule has 6 nitrogen and oxygen atoms in total. The number of rotatable bonds is 3. The van der Waals surface area contributed by atoms with E-state index in [1.54, 1.807) is 11.4 Å². The van der Waals surface area contributed by atoms with Crippen LogP contribution in [-0.2, 0) is 10.0 Å². The number of nitrogens with one attached hydrogen (secondary N) is 1. The maximum atomic E-state index is 12.7. The largest absolute Gasteiger partial charge is 0.357 e. The second-order valence-electron chi connectivity index (χ2n) is 5.51. The molecule has 0 radical (unpaired) electrons. The zero-order valence-corrected chi connectivity index (χ0v) is 12.4. The lowest BCUT2D eigenvalue weighted by Crippen LogP contribution is -2.39. The zero-order valence-electron chi connectivity index (χ0n) is 11.6. The van der Waals surface area contributed by atoms with Gasteiger partial charge in [0.1, 0.15) is 4.90 Å². The van der Waals surface area contributed by atoms with Crippen LogP contribution in [0.15, 0.2) is 17.3 Å². The first-order valence-corrected chi connectivity index (χ1v) is 8.58. The fourth-order valence-corrected chi connectivity index (χ4v) is 5.00. The molecule has 2 unspecified atom stereocenters. The highest BCUT2D eigenvalue weighted by Gasteiger charge is 2.42. The third kappa shape index (κ3) is 2.29. The maximum Gasteiger partial charge on any atom is 0.246 e. The van der Waals surface area contributed by atoms with Crippen molar-refractivity contribution in [3.8, 4) is 0 Å². The normalized spacial score (nSPS) is 27.2. The molecule has 1 saturated carbocycles. The molecule has 1 aromatic rings. The van der Waals surface area contributed by atoms with Crippen LogP contribution in [0.2, 0.25) is 0 Å². The van der Waals surface area contributed by atoms with Crippen molar-refractivity contribution in [2.24, 2.45) is 5.92 Å². The molecule has 3 rings (SSSR count). The van der Waals surface area contributed by atoms with Crippen LogP contribution in [0, 0.1) is 5.92 Å². The van der Waals surface area contributed by atoms with Crippen molar-refractivity contribution in [2.45, 2.75) is 43.0 Å². The summed E-state index contributed by atoms with van der Waals surface area (Å²) < 4.78 is 27.1. The maximum absolute atomic E-state index is 12.7. The molecule has 1 aromatic heterocycles. The van der Waals surface area contributed by atoms with Gasteiger partial charge in [0.05, 0.1) is 12.4 Å². The number of sulfonamides is 1. The molecule has 0 bridgehead atoms. The van der Waals surface area contributed by atoms with E-state index in [-0.39, 0.29) is 10.9 Å². The summed E-state index contributed by atoms with van der Waals surface area (Å²) in [5.74, 6) is 0.969. The topological polar surface area (TPSA) is 75.2 Å².